The molecule has 1 rings (SSSR count). The highest BCUT2D eigenvalue weighted by Gasteiger charge is 2.19. The monoisotopic (exact) mass is 422 g/mol. The summed E-state index contributed by atoms with van der Waals surface area (Å²) in [7, 11) is -2.98. The summed E-state index contributed by atoms with van der Waals surface area (Å²) in [6, 6.07) is 9.22. The fourth-order valence-corrected chi connectivity index (χ4v) is 2.73. The van der Waals surface area contributed by atoms with E-state index in [0.717, 1.165) is 5.56 Å². The molecule has 0 atom stereocenters. The van der Waals surface area contributed by atoms with Crippen LogP contribution in [0.4, 0.5) is 0 Å². The van der Waals surface area contributed by atoms with Gasteiger partial charge in [-0.15, -0.1) is 0 Å². The highest BCUT2D eigenvalue weighted by molar-refractivity contribution is 14.2. The molecule has 0 saturated carbocycles. The maximum atomic E-state index is 11.5. The van der Waals surface area contributed by atoms with Crippen LogP contribution in [0.2, 0.25) is 0 Å². The lowest BCUT2D eigenvalue weighted by Gasteiger charge is -2.04. The molecule has 5 heteroatoms. The molecular formula is C8H8I2O2S. The van der Waals surface area contributed by atoms with Crippen LogP contribution in [0.5, 0.6) is 0 Å². The van der Waals surface area contributed by atoms with Crippen LogP contribution in [0.15, 0.2) is 30.3 Å². The third-order valence-corrected chi connectivity index (χ3v) is 7.41. The smallest absolute Gasteiger partial charge is 0.175 e. The second-order valence-electron chi connectivity index (χ2n) is 2.55. The SMILES string of the molecule is O=S(=O)(Cc1ccccc1)C(I)I. The number of hydrogen-bond acceptors (Lipinski definition) is 2. The summed E-state index contributed by atoms with van der Waals surface area (Å²) in [5, 5.41) is 0. The van der Waals surface area contributed by atoms with E-state index in [-0.39, 0.29) is 7.02 Å². The van der Waals surface area contributed by atoms with Gasteiger partial charge in [0, 0.05) is 0 Å². The standard InChI is InChI=1S/C8H8I2O2S/c9-8(10)13(11,12)6-7-4-2-1-3-5-7/h1-5,8H,6H2. The predicted molar refractivity (Wildman–Crippen MR) is 70.9 cm³/mol. The first-order valence-corrected chi connectivity index (χ1v) is 7.77. The van der Waals surface area contributed by atoms with Gasteiger partial charge in [0.15, 0.2) is 11.1 Å². The van der Waals surface area contributed by atoms with E-state index >= 15 is 0 Å². The summed E-state index contributed by atoms with van der Waals surface area (Å²) in [6.07, 6.45) is 0. The van der Waals surface area contributed by atoms with Gasteiger partial charge in [0.2, 0.25) is 0 Å². The summed E-state index contributed by atoms with van der Waals surface area (Å²) >= 11 is 3.82. The Bertz CT molecular complexity index is 359. The number of halogens is 2. The van der Waals surface area contributed by atoms with Gasteiger partial charge in [-0.05, 0) is 5.56 Å². The molecule has 0 heterocycles. The van der Waals surface area contributed by atoms with Gasteiger partial charge in [-0.2, -0.15) is 0 Å². The van der Waals surface area contributed by atoms with Crippen LogP contribution in [0.1, 0.15) is 5.56 Å². The zero-order valence-corrected chi connectivity index (χ0v) is 11.8. The minimum Gasteiger partial charge on any atom is -0.227 e. The van der Waals surface area contributed by atoms with Crippen LogP contribution in [0.3, 0.4) is 0 Å². The molecule has 72 valence electrons. The highest BCUT2D eigenvalue weighted by atomic mass is 127. The van der Waals surface area contributed by atoms with Crippen molar-refractivity contribution in [1.29, 1.82) is 0 Å². The number of alkyl halides is 2. The van der Waals surface area contributed by atoms with Crippen LogP contribution in [-0.4, -0.2) is 9.68 Å². The summed E-state index contributed by atoms with van der Waals surface area (Å²) in [4.78, 5) is 0. The fraction of sp³-hybridized carbons (Fsp3) is 0.250. The van der Waals surface area contributed by atoms with Gasteiger partial charge < -0.3 is 0 Å². The van der Waals surface area contributed by atoms with E-state index in [1.165, 1.54) is 0 Å². The van der Waals surface area contributed by atoms with Gasteiger partial charge in [-0.3, -0.25) is 0 Å². The second kappa shape index (κ2) is 4.92. The van der Waals surface area contributed by atoms with Crippen molar-refractivity contribution >= 4 is 55.0 Å². The molecule has 0 unspecified atom stereocenters. The lowest BCUT2D eigenvalue weighted by Crippen LogP contribution is -2.10. The first-order valence-electron chi connectivity index (χ1n) is 3.56. The molecule has 0 bridgehead atoms. The van der Waals surface area contributed by atoms with E-state index in [4.69, 9.17) is 0 Å². The average molecular weight is 422 g/mol. The highest BCUT2D eigenvalue weighted by Crippen LogP contribution is 2.21. The van der Waals surface area contributed by atoms with Crippen molar-refractivity contribution in [1.82, 2.24) is 0 Å². The third-order valence-electron chi connectivity index (χ3n) is 1.48. The van der Waals surface area contributed by atoms with Crippen molar-refractivity contribution in [3.63, 3.8) is 0 Å². The Morgan fingerprint density at radius 3 is 2.15 bits per heavy atom. The van der Waals surface area contributed by atoms with Crippen LogP contribution < -0.4 is 0 Å². The molecule has 0 aromatic heterocycles. The Kier molecular flexibility index (Phi) is 4.43. The van der Waals surface area contributed by atoms with Crippen LogP contribution in [0, 0.1) is 0 Å². The minimum absolute atomic E-state index is 0.129. The Morgan fingerprint density at radius 2 is 1.69 bits per heavy atom. The van der Waals surface area contributed by atoms with E-state index in [9.17, 15) is 8.42 Å². The molecule has 0 amide bonds. The van der Waals surface area contributed by atoms with Gasteiger partial charge in [-0.25, -0.2) is 8.42 Å². The lowest BCUT2D eigenvalue weighted by atomic mass is 10.2. The lowest BCUT2D eigenvalue weighted by molar-refractivity contribution is 0.600. The molecule has 1 aromatic carbocycles. The molecule has 0 aliphatic rings. The first-order chi connectivity index (χ1) is 6.02. The van der Waals surface area contributed by atoms with Crippen LogP contribution in [-0.2, 0) is 15.6 Å². The molecule has 0 aliphatic carbocycles. The second-order valence-corrected chi connectivity index (χ2v) is 11.2. The van der Waals surface area contributed by atoms with Gasteiger partial charge >= 0.3 is 0 Å². The van der Waals surface area contributed by atoms with E-state index in [1.807, 2.05) is 75.5 Å². The van der Waals surface area contributed by atoms with Crippen molar-refractivity contribution in [2.45, 2.75) is 7.02 Å². The molecule has 13 heavy (non-hydrogen) atoms. The molecule has 0 N–H and O–H groups in total. The van der Waals surface area contributed by atoms with E-state index in [0.29, 0.717) is 0 Å². The Labute approximate surface area is 105 Å². The minimum atomic E-state index is -2.98. The largest absolute Gasteiger partial charge is 0.227 e. The summed E-state index contributed by atoms with van der Waals surface area (Å²) < 4.78 is 22.6. The van der Waals surface area contributed by atoms with Gasteiger partial charge in [0.1, 0.15) is 0 Å². The van der Waals surface area contributed by atoms with Gasteiger partial charge in [0.05, 0.1) is 5.75 Å². The fourth-order valence-electron chi connectivity index (χ4n) is 0.870. The number of sulfone groups is 1. The third kappa shape index (κ3) is 3.70. The maximum Gasteiger partial charge on any atom is 0.175 e. The quantitative estimate of drug-likeness (QED) is 0.555. The van der Waals surface area contributed by atoms with Crippen LogP contribution >= 0.6 is 45.2 Å². The first kappa shape index (κ1) is 11.7. The van der Waals surface area contributed by atoms with Crippen molar-refractivity contribution in [2.75, 3.05) is 0 Å². The van der Waals surface area contributed by atoms with E-state index < -0.39 is 9.84 Å². The van der Waals surface area contributed by atoms with Gasteiger partial charge in [0.25, 0.3) is 0 Å². The van der Waals surface area contributed by atoms with Crippen molar-refractivity contribution in [3.8, 4) is 0 Å². The summed E-state index contributed by atoms with van der Waals surface area (Å²) in [5.74, 6) is 0.129. The topological polar surface area (TPSA) is 34.1 Å². The van der Waals surface area contributed by atoms with Gasteiger partial charge in [-0.1, -0.05) is 75.5 Å². The molecule has 2 nitrogen and oxygen atoms in total. The summed E-state index contributed by atoms with van der Waals surface area (Å²) in [6.45, 7) is 0. The average Bonchev–Trinajstić information content (AvgIpc) is 2.05. The molecular weight excluding hydrogens is 414 g/mol. The summed E-state index contributed by atoms with van der Waals surface area (Å²) in [5.41, 5.74) is 0.848. The number of hydrogen-bond donors (Lipinski definition) is 0. The zero-order chi connectivity index (χ0) is 9.90. The normalized spacial score (nSPS) is 11.9. The van der Waals surface area contributed by atoms with Crippen molar-refractivity contribution < 1.29 is 8.42 Å². The van der Waals surface area contributed by atoms with E-state index in [2.05, 4.69) is 0 Å². The Hall–Kier alpha value is 0.630. The molecule has 0 fully saturated rings. The Morgan fingerprint density at radius 1 is 1.15 bits per heavy atom. The molecule has 0 radical (unpaired) electrons. The molecule has 1 aromatic rings. The maximum absolute atomic E-state index is 11.5. The Balaban J connectivity index is 2.82. The van der Waals surface area contributed by atoms with E-state index in [1.54, 1.807) is 0 Å². The van der Waals surface area contributed by atoms with Crippen LogP contribution in [0.25, 0.3) is 0 Å². The van der Waals surface area contributed by atoms with Crippen molar-refractivity contribution in [3.05, 3.63) is 35.9 Å². The number of rotatable bonds is 3. The molecule has 0 saturated heterocycles. The zero-order valence-electron chi connectivity index (χ0n) is 6.65. The predicted octanol–water partition coefficient (Wildman–Crippen LogP) is 2.76. The number of benzene rings is 1. The molecule has 0 spiro atoms. The molecule has 0 aliphatic heterocycles. The van der Waals surface area contributed by atoms with Crippen molar-refractivity contribution in [2.24, 2.45) is 0 Å².